The van der Waals surface area contributed by atoms with Crippen LogP contribution in [0.3, 0.4) is 0 Å². The minimum atomic E-state index is 0.0578. The Morgan fingerprint density at radius 2 is 1.89 bits per heavy atom. The maximum Gasteiger partial charge on any atom is 0.123 e. The lowest BCUT2D eigenvalue weighted by Crippen LogP contribution is -1.97. The third-order valence-electron chi connectivity index (χ3n) is 2.82. The summed E-state index contributed by atoms with van der Waals surface area (Å²) < 4.78 is 12.0. The number of aryl methyl sites for hydroxylation is 2. The fourth-order valence-electron chi connectivity index (χ4n) is 1.97. The molecule has 1 atom stereocenters. The van der Waals surface area contributed by atoms with Crippen LogP contribution in [-0.2, 0) is 0 Å². The van der Waals surface area contributed by atoms with E-state index in [-0.39, 0.29) is 4.83 Å². The second kappa shape index (κ2) is 5.49. The molecular formula is C14H14Br2O2. The fourth-order valence-corrected chi connectivity index (χ4v) is 3.16. The maximum atomic E-state index is 5.58. The molecule has 0 bridgehead atoms. The molecule has 2 rings (SSSR count). The number of ether oxygens (including phenoxy) is 1. The van der Waals surface area contributed by atoms with Crippen molar-refractivity contribution in [3.8, 4) is 5.75 Å². The van der Waals surface area contributed by atoms with Crippen LogP contribution in [0.4, 0.5) is 0 Å². The van der Waals surface area contributed by atoms with Gasteiger partial charge in [0.05, 0.1) is 11.9 Å². The highest BCUT2D eigenvalue weighted by Crippen LogP contribution is 2.40. The van der Waals surface area contributed by atoms with Crippen LogP contribution < -0.4 is 4.74 Å². The van der Waals surface area contributed by atoms with Crippen LogP contribution in [0.1, 0.15) is 27.5 Å². The van der Waals surface area contributed by atoms with Gasteiger partial charge in [-0.25, -0.2) is 0 Å². The van der Waals surface area contributed by atoms with Crippen molar-refractivity contribution in [2.75, 3.05) is 7.11 Å². The normalized spacial score (nSPS) is 12.5. The molecule has 18 heavy (non-hydrogen) atoms. The number of methoxy groups -OCH3 is 1. The Morgan fingerprint density at radius 3 is 2.44 bits per heavy atom. The van der Waals surface area contributed by atoms with Crippen LogP contribution in [-0.4, -0.2) is 7.11 Å². The first-order valence-electron chi connectivity index (χ1n) is 5.57. The molecule has 1 unspecified atom stereocenters. The van der Waals surface area contributed by atoms with Crippen molar-refractivity contribution >= 4 is 31.9 Å². The van der Waals surface area contributed by atoms with Gasteiger partial charge in [-0.15, -0.1) is 0 Å². The van der Waals surface area contributed by atoms with E-state index in [0.29, 0.717) is 0 Å². The molecular weight excluding hydrogens is 360 g/mol. The van der Waals surface area contributed by atoms with Gasteiger partial charge in [0.2, 0.25) is 0 Å². The zero-order valence-electron chi connectivity index (χ0n) is 10.5. The second-order valence-electron chi connectivity index (χ2n) is 4.12. The van der Waals surface area contributed by atoms with Gasteiger partial charge in [-0.05, 0) is 38.1 Å². The smallest absolute Gasteiger partial charge is 0.123 e. The second-order valence-corrected chi connectivity index (χ2v) is 5.95. The predicted molar refractivity (Wildman–Crippen MR) is 79.6 cm³/mol. The van der Waals surface area contributed by atoms with E-state index in [0.717, 1.165) is 32.9 Å². The molecule has 0 saturated heterocycles. The van der Waals surface area contributed by atoms with E-state index in [1.807, 2.05) is 26.0 Å². The lowest BCUT2D eigenvalue weighted by atomic mass is 10.0. The molecule has 2 nitrogen and oxygen atoms in total. The van der Waals surface area contributed by atoms with Crippen LogP contribution in [0, 0.1) is 13.8 Å². The standard InChI is InChI=1S/C14H14Br2O2/c1-8-6-11(9(2)18-8)14(16)12-7-10(15)4-5-13(12)17-3/h4-7,14H,1-3H3. The average Bonchev–Trinajstić information content (AvgIpc) is 2.67. The molecule has 1 aromatic heterocycles. The molecule has 4 heteroatoms. The summed E-state index contributed by atoms with van der Waals surface area (Å²) in [5.74, 6) is 2.70. The number of alkyl halides is 1. The zero-order chi connectivity index (χ0) is 13.3. The van der Waals surface area contributed by atoms with Crippen molar-refractivity contribution in [3.05, 3.63) is 51.4 Å². The molecule has 0 spiro atoms. The molecule has 0 saturated carbocycles. The van der Waals surface area contributed by atoms with Crippen molar-refractivity contribution in [2.24, 2.45) is 0 Å². The summed E-state index contributed by atoms with van der Waals surface area (Å²) >= 11 is 7.21. The average molecular weight is 374 g/mol. The van der Waals surface area contributed by atoms with Crippen LogP contribution in [0.5, 0.6) is 5.75 Å². The van der Waals surface area contributed by atoms with E-state index in [1.54, 1.807) is 7.11 Å². The molecule has 0 amide bonds. The quantitative estimate of drug-likeness (QED) is 0.694. The molecule has 0 N–H and O–H groups in total. The van der Waals surface area contributed by atoms with E-state index in [9.17, 15) is 0 Å². The number of benzene rings is 1. The van der Waals surface area contributed by atoms with Crippen LogP contribution in [0.15, 0.2) is 33.2 Å². The highest BCUT2D eigenvalue weighted by molar-refractivity contribution is 9.10. The Hall–Kier alpha value is -0.740. The molecule has 0 aliphatic carbocycles. The summed E-state index contributed by atoms with van der Waals surface area (Å²) in [4.78, 5) is 0.0578. The van der Waals surface area contributed by atoms with Crippen molar-refractivity contribution in [1.82, 2.24) is 0 Å². The molecule has 2 aromatic rings. The molecule has 0 fully saturated rings. The van der Waals surface area contributed by atoms with Crippen molar-refractivity contribution in [2.45, 2.75) is 18.7 Å². The van der Waals surface area contributed by atoms with Gasteiger partial charge in [-0.1, -0.05) is 31.9 Å². The van der Waals surface area contributed by atoms with E-state index in [2.05, 4.69) is 44.0 Å². The minimum Gasteiger partial charge on any atom is -0.496 e. The molecule has 1 aromatic carbocycles. The Labute approximate surface area is 124 Å². The Balaban J connectivity index is 2.48. The topological polar surface area (TPSA) is 22.4 Å². The Bertz CT molecular complexity index is 561. The first-order chi connectivity index (χ1) is 8.52. The Kier molecular flexibility index (Phi) is 4.17. The van der Waals surface area contributed by atoms with E-state index >= 15 is 0 Å². The molecule has 1 heterocycles. The lowest BCUT2D eigenvalue weighted by Gasteiger charge is -2.14. The van der Waals surface area contributed by atoms with Gasteiger partial charge < -0.3 is 9.15 Å². The van der Waals surface area contributed by atoms with Gasteiger partial charge in [0.15, 0.2) is 0 Å². The highest BCUT2D eigenvalue weighted by atomic mass is 79.9. The monoisotopic (exact) mass is 372 g/mol. The number of hydrogen-bond donors (Lipinski definition) is 0. The number of halogens is 2. The minimum absolute atomic E-state index is 0.0578. The van der Waals surface area contributed by atoms with Crippen LogP contribution >= 0.6 is 31.9 Å². The van der Waals surface area contributed by atoms with E-state index in [4.69, 9.17) is 9.15 Å². The summed E-state index contributed by atoms with van der Waals surface area (Å²) in [6.45, 7) is 3.93. The molecule has 0 aliphatic heterocycles. The van der Waals surface area contributed by atoms with Gasteiger partial charge in [0.1, 0.15) is 17.3 Å². The summed E-state index contributed by atoms with van der Waals surface area (Å²) in [5.41, 5.74) is 2.21. The molecule has 0 aliphatic rings. The lowest BCUT2D eigenvalue weighted by molar-refractivity contribution is 0.410. The third kappa shape index (κ3) is 2.64. The van der Waals surface area contributed by atoms with Gasteiger partial charge in [-0.3, -0.25) is 0 Å². The SMILES string of the molecule is COc1ccc(Br)cc1C(Br)c1cc(C)oc1C. The van der Waals surface area contributed by atoms with Crippen LogP contribution in [0.25, 0.3) is 0 Å². The molecule has 0 radical (unpaired) electrons. The summed E-state index contributed by atoms with van der Waals surface area (Å²) in [6.07, 6.45) is 0. The summed E-state index contributed by atoms with van der Waals surface area (Å²) in [5, 5.41) is 0. The number of furan rings is 1. The van der Waals surface area contributed by atoms with Gasteiger partial charge in [0, 0.05) is 15.6 Å². The fraction of sp³-hybridized carbons (Fsp3) is 0.286. The van der Waals surface area contributed by atoms with Crippen molar-refractivity contribution in [3.63, 3.8) is 0 Å². The maximum absolute atomic E-state index is 5.58. The number of hydrogen-bond acceptors (Lipinski definition) is 2. The zero-order valence-corrected chi connectivity index (χ0v) is 13.6. The van der Waals surface area contributed by atoms with Gasteiger partial charge in [-0.2, -0.15) is 0 Å². The first kappa shape index (κ1) is 13.7. The van der Waals surface area contributed by atoms with Crippen LogP contribution in [0.2, 0.25) is 0 Å². The highest BCUT2D eigenvalue weighted by Gasteiger charge is 2.20. The summed E-state index contributed by atoms with van der Waals surface area (Å²) in [6, 6.07) is 8.03. The number of rotatable bonds is 3. The van der Waals surface area contributed by atoms with Crippen molar-refractivity contribution < 1.29 is 9.15 Å². The van der Waals surface area contributed by atoms with E-state index in [1.165, 1.54) is 0 Å². The van der Waals surface area contributed by atoms with Crippen molar-refractivity contribution in [1.29, 1.82) is 0 Å². The Morgan fingerprint density at radius 1 is 1.17 bits per heavy atom. The molecule has 96 valence electrons. The van der Waals surface area contributed by atoms with Gasteiger partial charge in [0.25, 0.3) is 0 Å². The first-order valence-corrected chi connectivity index (χ1v) is 7.28. The van der Waals surface area contributed by atoms with E-state index < -0.39 is 0 Å². The largest absolute Gasteiger partial charge is 0.496 e. The van der Waals surface area contributed by atoms with Gasteiger partial charge >= 0.3 is 0 Å². The predicted octanol–water partition coefficient (Wildman–Crippen LogP) is 5.15. The summed E-state index contributed by atoms with van der Waals surface area (Å²) in [7, 11) is 1.68. The third-order valence-corrected chi connectivity index (χ3v) is 4.30.